The molecule has 3 aromatic rings. The molecule has 164 valence electrons. The van der Waals surface area contributed by atoms with Crippen LogP contribution in [0.4, 0.5) is 0 Å². The van der Waals surface area contributed by atoms with E-state index in [-0.39, 0.29) is 17.6 Å². The summed E-state index contributed by atoms with van der Waals surface area (Å²) < 4.78 is 7.10. The van der Waals surface area contributed by atoms with E-state index in [1.165, 1.54) is 16.9 Å². The number of aromatic nitrogens is 2. The van der Waals surface area contributed by atoms with Gasteiger partial charge in [-0.1, -0.05) is 12.1 Å². The maximum Gasteiger partial charge on any atom is 0.338 e. The largest absolute Gasteiger partial charge is 0.459 e. The number of hydrogen-bond acceptors (Lipinski definition) is 6. The summed E-state index contributed by atoms with van der Waals surface area (Å²) in [6, 6.07) is 7.32. The van der Waals surface area contributed by atoms with Crippen LogP contribution in [0, 0.1) is 0 Å². The second-order valence-electron chi connectivity index (χ2n) is 8.70. The van der Waals surface area contributed by atoms with Gasteiger partial charge in [0.1, 0.15) is 10.7 Å². The van der Waals surface area contributed by atoms with E-state index in [0.29, 0.717) is 18.7 Å². The van der Waals surface area contributed by atoms with E-state index in [9.17, 15) is 9.59 Å². The van der Waals surface area contributed by atoms with Gasteiger partial charge in [0.25, 0.3) is 5.56 Å². The molecule has 0 saturated heterocycles. The number of aryl methyl sites for hydroxylation is 2. The van der Waals surface area contributed by atoms with Crippen LogP contribution in [-0.2, 0) is 30.7 Å². The summed E-state index contributed by atoms with van der Waals surface area (Å²) in [6.45, 7) is 4.61. The summed E-state index contributed by atoms with van der Waals surface area (Å²) in [4.78, 5) is 35.1. The first-order valence-electron chi connectivity index (χ1n) is 10.8. The molecule has 7 heteroatoms. The van der Waals surface area contributed by atoms with Gasteiger partial charge in [-0.3, -0.25) is 9.36 Å². The van der Waals surface area contributed by atoms with Gasteiger partial charge in [0, 0.05) is 4.88 Å². The number of carbonyl (C=O) groups excluding carboxylic acids is 1. The molecule has 0 spiro atoms. The van der Waals surface area contributed by atoms with Crippen molar-refractivity contribution in [3.05, 3.63) is 62.0 Å². The van der Waals surface area contributed by atoms with Crippen LogP contribution in [0.2, 0.25) is 0 Å². The summed E-state index contributed by atoms with van der Waals surface area (Å²) >= 11 is 1.68. The maximum atomic E-state index is 13.7. The Balaban J connectivity index is 1.78. The molecule has 1 aliphatic carbocycles. The van der Waals surface area contributed by atoms with Crippen LogP contribution in [0.1, 0.15) is 58.9 Å². The van der Waals surface area contributed by atoms with Gasteiger partial charge < -0.3 is 9.64 Å². The van der Waals surface area contributed by atoms with Gasteiger partial charge >= 0.3 is 5.97 Å². The fraction of sp³-hybridized carbons (Fsp3) is 0.458. The van der Waals surface area contributed by atoms with Gasteiger partial charge in [-0.15, -0.1) is 11.3 Å². The minimum atomic E-state index is -0.349. The van der Waals surface area contributed by atoms with Crippen LogP contribution in [0.5, 0.6) is 0 Å². The molecule has 1 aliphatic rings. The van der Waals surface area contributed by atoms with Crippen molar-refractivity contribution in [3.8, 4) is 0 Å². The minimum Gasteiger partial charge on any atom is -0.459 e. The topological polar surface area (TPSA) is 64.4 Å². The molecule has 0 unspecified atom stereocenters. The first-order valence-corrected chi connectivity index (χ1v) is 11.6. The van der Waals surface area contributed by atoms with Gasteiger partial charge in [-0.2, -0.15) is 0 Å². The Bertz CT molecular complexity index is 1180. The van der Waals surface area contributed by atoms with Gasteiger partial charge in [0.15, 0.2) is 0 Å². The smallest absolute Gasteiger partial charge is 0.338 e. The first-order chi connectivity index (χ1) is 14.8. The molecule has 0 atom stereocenters. The molecule has 2 aromatic heterocycles. The Kier molecular flexibility index (Phi) is 6.25. The summed E-state index contributed by atoms with van der Waals surface area (Å²) in [6.07, 6.45) is 4.12. The third-order valence-corrected chi connectivity index (χ3v) is 6.64. The van der Waals surface area contributed by atoms with Crippen molar-refractivity contribution in [1.29, 1.82) is 0 Å². The molecule has 0 bridgehead atoms. The maximum absolute atomic E-state index is 13.7. The number of hydrogen-bond donors (Lipinski definition) is 0. The lowest BCUT2D eigenvalue weighted by atomic mass is 9.97. The molecule has 4 rings (SSSR count). The summed E-state index contributed by atoms with van der Waals surface area (Å²) in [7, 11) is 3.95. The van der Waals surface area contributed by atoms with Crippen molar-refractivity contribution in [2.45, 2.75) is 58.7 Å². The van der Waals surface area contributed by atoms with Gasteiger partial charge in [-0.25, -0.2) is 9.78 Å². The quantitative estimate of drug-likeness (QED) is 0.543. The van der Waals surface area contributed by atoms with E-state index in [1.54, 1.807) is 22.0 Å². The van der Waals surface area contributed by atoms with Gasteiger partial charge in [0.05, 0.1) is 30.1 Å². The number of rotatable bonds is 6. The highest BCUT2D eigenvalue weighted by Crippen LogP contribution is 2.34. The lowest BCUT2D eigenvalue weighted by Gasteiger charge is -2.17. The van der Waals surface area contributed by atoms with Crippen LogP contribution in [-0.4, -0.2) is 40.6 Å². The molecule has 0 fully saturated rings. The molecule has 2 heterocycles. The van der Waals surface area contributed by atoms with Crippen LogP contribution in [0.3, 0.4) is 0 Å². The number of ether oxygens (including phenoxy) is 1. The zero-order valence-corrected chi connectivity index (χ0v) is 19.4. The Morgan fingerprint density at radius 3 is 2.77 bits per heavy atom. The van der Waals surface area contributed by atoms with E-state index in [2.05, 4.69) is 0 Å². The summed E-state index contributed by atoms with van der Waals surface area (Å²) in [5.41, 5.74) is 2.60. The molecule has 0 saturated carbocycles. The Morgan fingerprint density at radius 2 is 2.03 bits per heavy atom. The van der Waals surface area contributed by atoms with Crippen molar-refractivity contribution >= 4 is 27.5 Å². The highest BCUT2D eigenvalue weighted by Gasteiger charge is 2.22. The van der Waals surface area contributed by atoms with E-state index < -0.39 is 0 Å². The number of benzene rings is 1. The van der Waals surface area contributed by atoms with Crippen molar-refractivity contribution < 1.29 is 9.53 Å². The standard InChI is InChI=1S/C24H29N3O3S/c1-15(2)30-24(29)17-9-7-8-16(12-17)13-27-20(14-26(3)4)25-22-21(23(27)28)18-10-5-6-11-19(18)31-22/h7-9,12,15H,5-6,10-11,13-14H2,1-4H3. The van der Waals surface area contributed by atoms with E-state index >= 15 is 0 Å². The lowest BCUT2D eigenvalue weighted by molar-refractivity contribution is 0.0378. The average molecular weight is 440 g/mol. The predicted molar refractivity (Wildman–Crippen MR) is 124 cm³/mol. The summed E-state index contributed by atoms with van der Waals surface area (Å²) in [5.74, 6) is 0.398. The number of carbonyl (C=O) groups is 1. The van der Waals surface area contributed by atoms with E-state index in [0.717, 1.165) is 40.9 Å². The van der Waals surface area contributed by atoms with Crippen molar-refractivity contribution in [2.24, 2.45) is 0 Å². The van der Waals surface area contributed by atoms with Gasteiger partial charge in [0.2, 0.25) is 0 Å². The molecular formula is C24H29N3O3S. The number of fused-ring (bicyclic) bond motifs is 3. The number of thiophene rings is 1. The summed E-state index contributed by atoms with van der Waals surface area (Å²) in [5, 5.41) is 0.789. The average Bonchev–Trinajstić information content (AvgIpc) is 3.08. The van der Waals surface area contributed by atoms with Crippen molar-refractivity contribution in [3.63, 3.8) is 0 Å². The second-order valence-corrected chi connectivity index (χ2v) is 9.79. The molecule has 0 N–H and O–H groups in total. The number of esters is 1. The Labute approximate surface area is 186 Å². The highest BCUT2D eigenvalue weighted by atomic mass is 32.1. The predicted octanol–water partition coefficient (Wildman–Crippen LogP) is 4.01. The third kappa shape index (κ3) is 4.57. The molecule has 0 aliphatic heterocycles. The van der Waals surface area contributed by atoms with Crippen LogP contribution < -0.4 is 5.56 Å². The minimum absolute atomic E-state index is 0.0245. The molecule has 0 amide bonds. The first kappa shape index (κ1) is 21.7. The Morgan fingerprint density at radius 1 is 1.26 bits per heavy atom. The molecule has 31 heavy (non-hydrogen) atoms. The molecule has 6 nitrogen and oxygen atoms in total. The SMILES string of the molecule is CC(C)OC(=O)c1cccc(Cn2c(CN(C)C)nc3sc4c(c3c2=O)CCCC4)c1. The monoisotopic (exact) mass is 439 g/mol. The van der Waals surface area contributed by atoms with E-state index in [1.807, 2.05) is 51.0 Å². The zero-order valence-electron chi connectivity index (χ0n) is 18.6. The van der Waals surface area contributed by atoms with Crippen LogP contribution >= 0.6 is 11.3 Å². The lowest BCUT2D eigenvalue weighted by Crippen LogP contribution is -2.29. The van der Waals surface area contributed by atoms with Crippen LogP contribution in [0.15, 0.2) is 29.1 Å². The molecule has 1 aromatic carbocycles. The van der Waals surface area contributed by atoms with E-state index in [4.69, 9.17) is 9.72 Å². The fourth-order valence-corrected chi connectivity index (χ4v) is 5.38. The molecular weight excluding hydrogens is 410 g/mol. The van der Waals surface area contributed by atoms with Gasteiger partial charge in [-0.05, 0) is 76.9 Å². The normalized spacial score (nSPS) is 13.7. The fourth-order valence-electron chi connectivity index (χ4n) is 4.11. The van der Waals surface area contributed by atoms with Crippen LogP contribution in [0.25, 0.3) is 10.2 Å². The Hall–Kier alpha value is -2.51. The number of nitrogens with zero attached hydrogens (tertiary/aromatic N) is 3. The second kappa shape index (κ2) is 8.93. The van der Waals surface area contributed by atoms with Crippen molar-refractivity contribution in [1.82, 2.24) is 14.5 Å². The zero-order chi connectivity index (χ0) is 22.1. The third-order valence-electron chi connectivity index (χ3n) is 5.46. The molecule has 0 radical (unpaired) electrons. The highest BCUT2D eigenvalue weighted by molar-refractivity contribution is 7.18. The van der Waals surface area contributed by atoms with Crippen molar-refractivity contribution in [2.75, 3.05) is 14.1 Å².